The van der Waals surface area contributed by atoms with Crippen molar-refractivity contribution in [2.45, 2.75) is 25.9 Å². The van der Waals surface area contributed by atoms with Gasteiger partial charge < -0.3 is 11.5 Å². The second kappa shape index (κ2) is 7.03. The van der Waals surface area contributed by atoms with Crippen molar-refractivity contribution >= 4 is 18.4 Å². The fourth-order valence-electron chi connectivity index (χ4n) is 2.68. The van der Waals surface area contributed by atoms with Gasteiger partial charge in [0, 0.05) is 0 Å². The smallest absolute Gasteiger partial charge is 0.112 e. The molecule has 0 bridgehead atoms. The van der Waals surface area contributed by atoms with Gasteiger partial charge in [0.15, 0.2) is 0 Å². The molecule has 0 radical (unpaired) electrons. The van der Waals surface area contributed by atoms with Crippen LogP contribution in [0.3, 0.4) is 0 Å². The Morgan fingerprint density at radius 3 is 1.29 bits per heavy atom. The van der Waals surface area contributed by atoms with Crippen LogP contribution in [0, 0.1) is 0 Å². The molecule has 0 heterocycles. The van der Waals surface area contributed by atoms with Gasteiger partial charge in [0.05, 0.1) is 0 Å². The third-order valence-corrected chi connectivity index (χ3v) is 7.77. The first-order valence-electron chi connectivity index (χ1n) is 7.67. The molecule has 2 rings (SSSR count). The zero-order chi connectivity index (χ0) is 15.3. The average molecular weight is 299 g/mol. The van der Waals surface area contributed by atoms with Crippen molar-refractivity contribution in [3.63, 3.8) is 0 Å². The van der Waals surface area contributed by atoms with E-state index in [2.05, 4.69) is 61.6 Å². The van der Waals surface area contributed by atoms with Crippen LogP contribution in [0.15, 0.2) is 48.5 Å². The lowest BCUT2D eigenvalue weighted by atomic mass is 10.1. The second-order valence-electron chi connectivity index (χ2n) is 6.10. The Morgan fingerprint density at radius 2 is 1.00 bits per heavy atom. The van der Waals surface area contributed by atoms with E-state index in [0.717, 1.165) is 12.8 Å². The highest BCUT2D eigenvalue weighted by atomic mass is 28.3. The second-order valence-corrected chi connectivity index (χ2v) is 10.5. The maximum atomic E-state index is 5.61. The number of hydrogen-bond acceptors (Lipinski definition) is 2. The number of rotatable bonds is 6. The minimum atomic E-state index is -1.61. The van der Waals surface area contributed by atoms with Crippen LogP contribution in [0.5, 0.6) is 0 Å². The summed E-state index contributed by atoms with van der Waals surface area (Å²) in [6.45, 7) is 6.23. The summed E-state index contributed by atoms with van der Waals surface area (Å²) in [6, 6.07) is 18.0. The van der Waals surface area contributed by atoms with Gasteiger partial charge in [-0.3, -0.25) is 0 Å². The summed E-state index contributed by atoms with van der Waals surface area (Å²) in [5.74, 6) is 0. The SMILES string of the molecule is C[Si](C)(c1ccc(CCN)cc1)c1ccc(CCN)cc1. The first-order chi connectivity index (χ1) is 10.1. The molecule has 3 heteroatoms. The van der Waals surface area contributed by atoms with Crippen LogP contribution in [0.2, 0.25) is 13.1 Å². The van der Waals surface area contributed by atoms with E-state index < -0.39 is 8.07 Å². The molecule has 112 valence electrons. The maximum Gasteiger partial charge on any atom is 0.112 e. The van der Waals surface area contributed by atoms with Crippen LogP contribution in [0.4, 0.5) is 0 Å². The van der Waals surface area contributed by atoms with E-state index in [4.69, 9.17) is 11.5 Å². The lowest BCUT2D eigenvalue weighted by molar-refractivity contribution is 0.969. The molecular weight excluding hydrogens is 272 g/mol. The fraction of sp³-hybridized carbons (Fsp3) is 0.333. The van der Waals surface area contributed by atoms with Crippen molar-refractivity contribution in [3.05, 3.63) is 59.7 Å². The van der Waals surface area contributed by atoms with Gasteiger partial charge in [-0.1, -0.05) is 72.0 Å². The van der Waals surface area contributed by atoms with Crippen molar-refractivity contribution < 1.29 is 0 Å². The molecule has 2 aromatic rings. The summed E-state index contributed by atoms with van der Waals surface area (Å²) in [7, 11) is -1.61. The Bertz CT molecular complexity index is 507. The van der Waals surface area contributed by atoms with Gasteiger partial charge in [0.25, 0.3) is 0 Å². The minimum absolute atomic E-state index is 0.711. The molecule has 0 saturated carbocycles. The van der Waals surface area contributed by atoms with E-state index in [9.17, 15) is 0 Å². The van der Waals surface area contributed by atoms with Crippen molar-refractivity contribution in [2.24, 2.45) is 11.5 Å². The lowest BCUT2D eigenvalue weighted by Gasteiger charge is -2.24. The third kappa shape index (κ3) is 3.82. The monoisotopic (exact) mass is 298 g/mol. The van der Waals surface area contributed by atoms with Gasteiger partial charge in [-0.15, -0.1) is 0 Å². The van der Waals surface area contributed by atoms with E-state index in [1.807, 2.05) is 0 Å². The standard InChI is InChI=1S/C18H26N2Si/c1-21(2,17-7-3-15(4-8-17)11-13-19)18-9-5-16(6-10-18)12-14-20/h3-10H,11-14,19-20H2,1-2H3. The highest BCUT2D eigenvalue weighted by Crippen LogP contribution is 2.08. The predicted molar refractivity (Wildman–Crippen MR) is 95.2 cm³/mol. The lowest BCUT2D eigenvalue weighted by Crippen LogP contribution is -2.52. The molecule has 0 aliphatic carbocycles. The van der Waals surface area contributed by atoms with Crippen LogP contribution in [0.1, 0.15) is 11.1 Å². The minimum Gasteiger partial charge on any atom is -0.330 e. The molecule has 0 aromatic heterocycles. The summed E-state index contributed by atoms with van der Waals surface area (Å²) >= 11 is 0. The van der Waals surface area contributed by atoms with Crippen molar-refractivity contribution in [2.75, 3.05) is 13.1 Å². The van der Waals surface area contributed by atoms with Crippen LogP contribution in [-0.4, -0.2) is 21.2 Å². The molecule has 4 N–H and O–H groups in total. The number of benzene rings is 2. The molecule has 0 unspecified atom stereocenters. The zero-order valence-electron chi connectivity index (χ0n) is 13.1. The zero-order valence-corrected chi connectivity index (χ0v) is 14.1. The van der Waals surface area contributed by atoms with E-state index in [1.54, 1.807) is 0 Å². The molecule has 21 heavy (non-hydrogen) atoms. The summed E-state index contributed by atoms with van der Waals surface area (Å²) in [6.07, 6.45) is 1.91. The van der Waals surface area contributed by atoms with Gasteiger partial charge in [0.2, 0.25) is 0 Å². The fourth-order valence-corrected chi connectivity index (χ4v) is 5.01. The van der Waals surface area contributed by atoms with Crippen LogP contribution >= 0.6 is 0 Å². The normalized spacial score (nSPS) is 11.6. The average Bonchev–Trinajstić information content (AvgIpc) is 2.49. The Labute approximate surface area is 129 Å². The molecule has 2 nitrogen and oxygen atoms in total. The molecule has 0 amide bonds. The topological polar surface area (TPSA) is 52.0 Å². The largest absolute Gasteiger partial charge is 0.330 e. The van der Waals surface area contributed by atoms with Crippen molar-refractivity contribution in [1.82, 2.24) is 0 Å². The van der Waals surface area contributed by atoms with Gasteiger partial charge >= 0.3 is 0 Å². The highest BCUT2D eigenvalue weighted by molar-refractivity contribution is 7.00. The van der Waals surface area contributed by atoms with Gasteiger partial charge in [-0.2, -0.15) is 0 Å². The summed E-state index contributed by atoms with van der Waals surface area (Å²) < 4.78 is 0. The van der Waals surface area contributed by atoms with Gasteiger partial charge in [-0.25, -0.2) is 0 Å². The first-order valence-corrected chi connectivity index (χ1v) is 10.7. The molecule has 0 aliphatic rings. The Hall–Kier alpha value is -1.42. The number of nitrogens with two attached hydrogens (primary N) is 2. The Kier molecular flexibility index (Phi) is 5.34. The number of hydrogen-bond donors (Lipinski definition) is 2. The van der Waals surface area contributed by atoms with E-state index in [1.165, 1.54) is 21.5 Å². The van der Waals surface area contributed by atoms with Crippen LogP contribution < -0.4 is 21.8 Å². The Morgan fingerprint density at radius 1 is 0.667 bits per heavy atom. The van der Waals surface area contributed by atoms with Crippen LogP contribution in [0.25, 0.3) is 0 Å². The predicted octanol–water partition coefficient (Wildman–Crippen LogP) is 1.51. The van der Waals surface area contributed by atoms with Gasteiger partial charge in [-0.05, 0) is 37.1 Å². The van der Waals surface area contributed by atoms with Crippen molar-refractivity contribution in [3.8, 4) is 0 Å². The molecule has 0 spiro atoms. The van der Waals surface area contributed by atoms with Crippen LogP contribution in [-0.2, 0) is 12.8 Å². The summed E-state index contributed by atoms with van der Waals surface area (Å²) in [5, 5.41) is 2.93. The molecule has 0 fully saturated rings. The van der Waals surface area contributed by atoms with Crippen molar-refractivity contribution in [1.29, 1.82) is 0 Å². The quantitative estimate of drug-likeness (QED) is 0.794. The highest BCUT2D eigenvalue weighted by Gasteiger charge is 2.25. The summed E-state index contributed by atoms with van der Waals surface area (Å²) in [5.41, 5.74) is 13.9. The molecule has 2 aromatic carbocycles. The molecule has 0 atom stereocenters. The Balaban J connectivity index is 2.23. The molecule has 0 aliphatic heterocycles. The maximum absolute atomic E-state index is 5.61. The summed E-state index contributed by atoms with van der Waals surface area (Å²) in [4.78, 5) is 0. The van der Waals surface area contributed by atoms with E-state index in [0.29, 0.717) is 13.1 Å². The first kappa shape index (κ1) is 16.0. The third-order valence-electron chi connectivity index (χ3n) is 4.22. The van der Waals surface area contributed by atoms with E-state index >= 15 is 0 Å². The molecule has 0 saturated heterocycles. The molecular formula is C18H26N2Si. The van der Waals surface area contributed by atoms with Gasteiger partial charge in [0.1, 0.15) is 8.07 Å². The van der Waals surface area contributed by atoms with E-state index in [-0.39, 0.29) is 0 Å².